The van der Waals surface area contributed by atoms with Gasteiger partial charge in [0, 0.05) is 18.7 Å². The molecule has 1 aromatic heterocycles. The summed E-state index contributed by atoms with van der Waals surface area (Å²) in [6.07, 6.45) is -0.512. The van der Waals surface area contributed by atoms with Crippen molar-refractivity contribution in [2.75, 3.05) is 13.2 Å². The first-order valence-electron chi connectivity index (χ1n) is 10.1. The summed E-state index contributed by atoms with van der Waals surface area (Å²) in [4.78, 5) is 12.5. The molecule has 0 aliphatic carbocycles. The molecule has 3 aromatic rings. The Balaban J connectivity index is 1.51. The molecule has 1 heterocycles. The second kappa shape index (κ2) is 12.1. The minimum atomic E-state index is -4.45. The average Bonchev–Trinajstić information content (AvgIpc) is 3.14. The van der Waals surface area contributed by atoms with Crippen molar-refractivity contribution in [3.05, 3.63) is 79.4 Å². The molecule has 2 aromatic carbocycles. The Morgan fingerprint density at radius 2 is 1.69 bits per heavy atom. The van der Waals surface area contributed by atoms with E-state index in [1.807, 2.05) is 0 Å². The van der Waals surface area contributed by atoms with Crippen LogP contribution in [-0.2, 0) is 12.7 Å². The second-order valence-electron chi connectivity index (χ2n) is 7.14. The predicted octanol–water partition coefficient (Wildman–Crippen LogP) is 6.92. The molecule has 0 saturated carbocycles. The molecule has 188 valence electrons. The van der Waals surface area contributed by atoms with Crippen molar-refractivity contribution in [3.63, 3.8) is 0 Å². The summed E-state index contributed by atoms with van der Waals surface area (Å²) < 4.78 is 51.7. The fourth-order valence-electron chi connectivity index (χ4n) is 2.97. The summed E-state index contributed by atoms with van der Waals surface area (Å²) in [6, 6.07) is 7.30. The molecule has 0 atom stereocenters. The summed E-state index contributed by atoms with van der Waals surface area (Å²) >= 11 is 23.5. The van der Waals surface area contributed by atoms with Crippen LogP contribution in [0.2, 0.25) is 10.0 Å². The lowest BCUT2D eigenvalue weighted by Crippen LogP contribution is -2.24. The number of aryl methyl sites for hydroxylation is 1. The molecular formula is C22H18Cl4F3N3O3. The molecule has 0 radical (unpaired) electrons. The lowest BCUT2D eigenvalue weighted by atomic mass is 10.2. The Labute approximate surface area is 218 Å². The highest BCUT2D eigenvalue weighted by Crippen LogP contribution is 2.37. The second-order valence-corrected chi connectivity index (χ2v) is 8.96. The molecule has 0 amide bonds. The fraction of sp³-hybridized carbons (Fsp3) is 0.273. The Bertz CT molecular complexity index is 1210. The minimum Gasteiger partial charge on any atom is -0.490 e. The monoisotopic (exact) mass is 569 g/mol. The molecule has 0 fully saturated rings. The molecular weight excluding hydrogens is 553 g/mol. The Hall–Kier alpha value is -2.33. The maximum atomic E-state index is 12.7. The number of hydrogen-bond donors (Lipinski definition) is 0. The molecule has 0 aliphatic heterocycles. The van der Waals surface area contributed by atoms with E-state index in [0.717, 1.165) is 16.8 Å². The van der Waals surface area contributed by atoms with Crippen molar-refractivity contribution in [2.45, 2.75) is 25.6 Å². The first kappa shape index (κ1) is 27.3. The van der Waals surface area contributed by atoms with Gasteiger partial charge in [-0.1, -0.05) is 46.4 Å². The van der Waals surface area contributed by atoms with E-state index in [1.165, 1.54) is 29.1 Å². The fourth-order valence-corrected chi connectivity index (χ4v) is 3.68. The number of rotatable bonds is 10. The molecule has 0 bridgehead atoms. The maximum absolute atomic E-state index is 12.7. The Kier molecular flexibility index (Phi) is 9.40. The van der Waals surface area contributed by atoms with Crippen LogP contribution in [-0.4, -0.2) is 27.6 Å². The van der Waals surface area contributed by atoms with E-state index in [1.54, 1.807) is 12.1 Å². The van der Waals surface area contributed by atoms with Gasteiger partial charge in [0.05, 0.1) is 27.9 Å². The van der Waals surface area contributed by atoms with Crippen molar-refractivity contribution in [1.82, 2.24) is 14.3 Å². The van der Waals surface area contributed by atoms with E-state index in [-0.39, 0.29) is 33.4 Å². The third-order valence-corrected chi connectivity index (χ3v) is 5.54. The predicted molar refractivity (Wildman–Crippen MR) is 129 cm³/mol. The first-order valence-corrected chi connectivity index (χ1v) is 11.7. The van der Waals surface area contributed by atoms with Gasteiger partial charge >= 0.3 is 11.9 Å². The topological polar surface area (TPSA) is 58.3 Å². The van der Waals surface area contributed by atoms with E-state index in [9.17, 15) is 18.0 Å². The lowest BCUT2D eigenvalue weighted by molar-refractivity contribution is -0.137. The van der Waals surface area contributed by atoms with Crippen LogP contribution in [0, 0.1) is 0 Å². The molecule has 0 aliphatic rings. The van der Waals surface area contributed by atoms with Crippen molar-refractivity contribution < 1.29 is 22.6 Å². The van der Waals surface area contributed by atoms with Gasteiger partial charge in [-0.2, -0.15) is 23.0 Å². The van der Waals surface area contributed by atoms with Gasteiger partial charge in [0.2, 0.25) is 0 Å². The summed E-state index contributed by atoms with van der Waals surface area (Å²) in [5, 5.41) is 4.51. The summed E-state index contributed by atoms with van der Waals surface area (Å²) in [5.41, 5.74) is -1.02. The number of alkyl halides is 3. The van der Waals surface area contributed by atoms with Gasteiger partial charge in [-0.25, -0.2) is 4.79 Å². The molecule has 0 saturated heterocycles. The molecule has 0 spiro atoms. The zero-order valence-electron chi connectivity index (χ0n) is 17.9. The molecule has 3 rings (SSSR count). The Morgan fingerprint density at radius 3 is 2.29 bits per heavy atom. The van der Waals surface area contributed by atoms with Crippen molar-refractivity contribution in [2.24, 2.45) is 0 Å². The zero-order chi connectivity index (χ0) is 25.6. The molecule has 6 nitrogen and oxygen atoms in total. The highest BCUT2D eigenvalue weighted by Gasteiger charge is 2.30. The zero-order valence-corrected chi connectivity index (χ0v) is 20.9. The van der Waals surface area contributed by atoms with Gasteiger partial charge in [0.1, 0.15) is 23.2 Å². The molecule has 0 N–H and O–H groups in total. The maximum Gasteiger partial charge on any atom is 0.416 e. The number of nitrogens with zero attached hydrogens (tertiary/aromatic N) is 3. The smallest absolute Gasteiger partial charge is 0.416 e. The number of halogens is 7. The minimum absolute atomic E-state index is 0.0800. The largest absolute Gasteiger partial charge is 0.490 e. The number of aromatic nitrogens is 3. The van der Waals surface area contributed by atoms with E-state index in [0.29, 0.717) is 30.9 Å². The van der Waals surface area contributed by atoms with Gasteiger partial charge in [-0.05, 0) is 43.2 Å². The third kappa shape index (κ3) is 7.57. The van der Waals surface area contributed by atoms with Crippen LogP contribution in [0.25, 0.3) is 5.69 Å². The van der Waals surface area contributed by atoms with Gasteiger partial charge in [-0.15, -0.1) is 0 Å². The molecule has 13 heteroatoms. The highest BCUT2D eigenvalue weighted by atomic mass is 35.5. The van der Waals surface area contributed by atoms with Gasteiger partial charge in [0.25, 0.3) is 0 Å². The van der Waals surface area contributed by atoms with Gasteiger partial charge in [0.15, 0.2) is 5.75 Å². The lowest BCUT2D eigenvalue weighted by Gasteiger charge is -2.12. The van der Waals surface area contributed by atoms with Crippen LogP contribution in [0.4, 0.5) is 13.2 Å². The number of hydrogen-bond acceptors (Lipinski definition) is 4. The quantitative estimate of drug-likeness (QED) is 0.248. The molecule has 35 heavy (non-hydrogen) atoms. The van der Waals surface area contributed by atoms with E-state index >= 15 is 0 Å². The van der Waals surface area contributed by atoms with E-state index in [4.69, 9.17) is 55.9 Å². The molecule has 0 unspecified atom stereocenters. The number of ether oxygens (including phenoxy) is 2. The number of unbranched alkanes of at least 4 members (excludes halogenated alkanes) is 1. The Morgan fingerprint density at radius 1 is 1.03 bits per heavy atom. The van der Waals surface area contributed by atoms with Crippen LogP contribution >= 0.6 is 46.4 Å². The summed E-state index contributed by atoms with van der Waals surface area (Å²) in [6.45, 7) is 0.768. The van der Waals surface area contributed by atoms with Crippen molar-refractivity contribution in [1.29, 1.82) is 0 Å². The van der Waals surface area contributed by atoms with Gasteiger partial charge in [-0.3, -0.25) is 4.57 Å². The highest BCUT2D eigenvalue weighted by molar-refractivity contribution is 6.55. The van der Waals surface area contributed by atoms with Crippen LogP contribution in [0.5, 0.6) is 11.5 Å². The number of benzene rings is 2. The van der Waals surface area contributed by atoms with Crippen LogP contribution in [0.1, 0.15) is 18.4 Å². The van der Waals surface area contributed by atoms with Crippen molar-refractivity contribution in [3.8, 4) is 17.2 Å². The van der Waals surface area contributed by atoms with Gasteiger partial charge < -0.3 is 9.47 Å². The summed E-state index contributed by atoms with van der Waals surface area (Å²) in [5.74, 6) is 0.724. The SMILES string of the molecule is O=c1n(CCCCOc2c(Cl)cc(OCC=C(Cl)Cl)cc2Cl)cnn1-c1ccc(C(F)(F)F)cc1. The third-order valence-electron chi connectivity index (χ3n) is 4.67. The van der Waals surface area contributed by atoms with Crippen LogP contribution in [0.3, 0.4) is 0 Å². The average molecular weight is 571 g/mol. The van der Waals surface area contributed by atoms with Crippen molar-refractivity contribution >= 4 is 46.4 Å². The van der Waals surface area contributed by atoms with E-state index < -0.39 is 17.4 Å². The standard InChI is InChI=1S/C22H18Cl4F3N3O3/c23-17-11-16(34-10-7-19(25)26)12-18(24)20(17)35-9-2-1-8-31-13-30-32(21(31)33)15-5-3-14(4-6-15)22(27,28)29/h3-7,11-13H,1-2,8-10H2. The van der Waals surface area contributed by atoms with E-state index in [2.05, 4.69) is 5.10 Å². The summed E-state index contributed by atoms with van der Waals surface area (Å²) in [7, 11) is 0. The van der Waals surface area contributed by atoms with Crippen LogP contribution in [0.15, 0.2) is 58.1 Å². The normalized spacial score (nSPS) is 11.4. The first-order chi connectivity index (χ1) is 16.6. The van der Waals surface area contributed by atoms with Crippen LogP contribution < -0.4 is 15.2 Å².